The summed E-state index contributed by atoms with van der Waals surface area (Å²) in [5.74, 6) is -1.11. The molecule has 0 aromatic heterocycles. The fourth-order valence-electron chi connectivity index (χ4n) is 0.750. The van der Waals surface area contributed by atoms with Crippen molar-refractivity contribution in [1.82, 2.24) is 5.48 Å². The summed E-state index contributed by atoms with van der Waals surface area (Å²) >= 11 is 0. The average molecular weight is 191 g/mol. The van der Waals surface area contributed by atoms with Gasteiger partial charge < -0.3 is 15.1 Å². The number of carboxylic acids is 1. The summed E-state index contributed by atoms with van der Waals surface area (Å²) in [4.78, 5) is 15.2. The molecule has 0 rings (SSSR count). The Morgan fingerprint density at radius 2 is 2.23 bits per heavy atom. The van der Waals surface area contributed by atoms with Gasteiger partial charge >= 0.3 is 5.97 Å². The van der Waals surface area contributed by atoms with Gasteiger partial charge in [0, 0.05) is 0 Å². The molecule has 5 heteroatoms. The maximum Gasteiger partial charge on any atom is 0.325 e. The number of carboxylic acid groups (broad SMARTS) is 1. The lowest BCUT2D eigenvalue weighted by molar-refractivity contribution is -0.145. The molecule has 0 spiro atoms. The predicted octanol–water partition coefficient (Wildman–Crippen LogP) is 0.143. The van der Waals surface area contributed by atoms with Crippen LogP contribution in [0, 0.1) is 0 Å². The number of nitrogens with one attached hydrogen (secondary N) is 1. The van der Waals surface area contributed by atoms with Gasteiger partial charge in [-0.1, -0.05) is 19.8 Å². The zero-order chi connectivity index (χ0) is 10.1. The largest absolute Gasteiger partial charge is 0.480 e. The molecule has 78 valence electrons. The molecule has 1 atom stereocenters. The number of hydrogen-bond acceptors (Lipinski definition) is 4. The molecule has 0 bridgehead atoms. The van der Waals surface area contributed by atoms with E-state index in [1.807, 2.05) is 0 Å². The smallest absolute Gasteiger partial charge is 0.325 e. The molecule has 0 amide bonds. The minimum atomic E-state index is -1.11. The van der Waals surface area contributed by atoms with Crippen LogP contribution < -0.4 is 5.48 Å². The van der Waals surface area contributed by atoms with E-state index in [-0.39, 0.29) is 0 Å². The number of rotatable bonds is 8. The maximum atomic E-state index is 10.3. The standard InChI is InChI=1S/C8H17NO4/c1-2-3-4-5-13-9-7(6-10)8(11)12/h7,9-10H,2-6H2,1H3,(H,11,12). The van der Waals surface area contributed by atoms with Crippen LogP contribution in [-0.4, -0.2) is 35.4 Å². The van der Waals surface area contributed by atoms with Gasteiger partial charge in [-0.3, -0.25) is 4.79 Å². The first-order valence-electron chi connectivity index (χ1n) is 4.43. The Balaban J connectivity index is 3.33. The minimum absolute atomic E-state index is 0.469. The second-order valence-electron chi connectivity index (χ2n) is 2.75. The highest BCUT2D eigenvalue weighted by Crippen LogP contribution is 1.93. The van der Waals surface area contributed by atoms with Crippen LogP contribution >= 0.6 is 0 Å². The van der Waals surface area contributed by atoms with Crippen molar-refractivity contribution in [3.63, 3.8) is 0 Å². The van der Waals surface area contributed by atoms with E-state index in [1.165, 1.54) is 0 Å². The monoisotopic (exact) mass is 191 g/mol. The highest BCUT2D eigenvalue weighted by Gasteiger charge is 2.14. The number of unbranched alkanes of at least 4 members (excludes halogenated alkanes) is 2. The summed E-state index contributed by atoms with van der Waals surface area (Å²) in [5, 5.41) is 17.0. The Bertz CT molecular complexity index is 140. The Kier molecular flexibility index (Phi) is 7.57. The molecule has 0 saturated carbocycles. The van der Waals surface area contributed by atoms with Crippen LogP contribution in [0.2, 0.25) is 0 Å². The van der Waals surface area contributed by atoms with Gasteiger partial charge in [-0.2, -0.15) is 5.48 Å². The van der Waals surface area contributed by atoms with Crippen molar-refractivity contribution in [2.75, 3.05) is 13.2 Å². The SMILES string of the molecule is CCCCCONC(CO)C(=O)O. The Hall–Kier alpha value is -0.650. The highest BCUT2D eigenvalue weighted by atomic mass is 16.6. The van der Waals surface area contributed by atoms with E-state index in [4.69, 9.17) is 15.1 Å². The lowest BCUT2D eigenvalue weighted by Gasteiger charge is -2.10. The van der Waals surface area contributed by atoms with E-state index < -0.39 is 18.6 Å². The number of aliphatic hydroxyl groups excluding tert-OH is 1. The molecule has 0 aliphatic heterocycles. The lowest BCUT2D eigenvalue weighted by atomic mass is 10.3. The molecule has 0 radical (unpaired) electrons. The van der Waals surface area contributed by atoms with E-state index in [0.29, 0.717) is 6.61 Å². The number of carbonyl (C=O) groups is 1. The fraction of sp³-hybridized carbons (Fsp3) is 0.875. The second-order valence-corrected chi connectivity index (χ2v) is 2.75. The Labute approximate surface area is 77.7 Å². The number of hydrogen-bond donors (Lipinski definition) is 3. The van der Waals surface area contributed by atoms with E-state index in [1.54, 1.807) is 0 Å². The van der Waals surface area contributed by atoms with Crippen molar-refractivity contribution >= 4 is 5.97 Å². The van der Waals surface area contributed by atoms with Crippen LogP contribution in [0.25, 0.3) is 0 Å². The normalized spacial score (nSPS) is 12.8. The van der Waals surface area contributed by atoms with Crippen LogP contribution in [0.5, 0.6) is 0 Å². The first-order chi connectivity index (χ1) is 6.22. The Morgan fingerprint density at radius 1 is 1.54 bits per heavy atom. The van der Waals surface area contributed by atoms with Crippen molar-refractivity contribution in [1.29, 1.82) is 0 Å². The molecule has 0 aromatic carbocycles. The summed E-state index contributed by atoms with van der Waals surface area (Å²) in [6.45, 7) is 2.07. The van der Waals surface area contributed by atoms with Gasteiger partial charge in [0.1, 0.15) is 0 Å². The van der Waals surface area contributed by atoms with Gasteiger partial charge in [-0.15, -0.1) is 0 Å². The maximum absolute atomic E-state index is 10.3. The molecule has 0 aliphatic rings. The first-order valence-corrected chi connectivity index (χ1v) is 4.43. The number of aliphatic carboxylic acids is 1. The van der Waals surface area contributed by atoms with E-state index in [9.17, 15) is 4.79 Å². The summed E-state index contributed by atoms with van der Waals surface area (Å²) < 4.78 is 0. The van der Waals surface area contributed by atoms with Crippen LogP contribution in [-0.2, 0) is 9.63 Å². The molecule has 1 unspecified atom stereocenters. The van der Waals surface area contributed by atoms with Gasteiger partial charge in [0.05, 0.1) is 13.2 Å². The molecule has 5 nitrogen and oxygen atoms in total. The van der Waals surface area contributed by atoms with E-state index in [0.717, 1.165) is 19.3 Å². The topological polar surface area (TPSA) is 78.8 Å². The van der Waals surface area contributed by atoms with Crippen LogP contribution in [0.1, 0.15) is 26.2 Å². The van der Waals surface area contributed by atoms with Gasteiger partial charge in [0.25, 0.3) is 0 Å². The van der Waals surface area contributed by atoms with Crippen molar-refractivity contribution in [2.24, 2.45) is 0 Å². The molecule has 0 saturated heterocycles. The zero-order valence-electron chi connectivity index (χ0n) is 7.82. The zero-order valence-corrected chi connectivity index (χ0v) is 7.82. The fourth-order valence-corrected chi connectivity index (χ4v) is 0.750. The third kappa shape index (κ3) is 6.51. The minimum Gasteiger partial charge on any atom is -0.480 e. The summed E-state index contributed by atoms with van der Waals surface area (Å²) in [7, 11) is 0. The lowest BCUT2D eigenvalue weighted by Crippen LogP contribution is -2.39. The van der Waals surface area contributed by atoms with E-state index >= 15 is 0 Å². The molecule has 13 heavy (non-hydrogen) atoms. The molecule has 0 fully saturated rings. The summed E-state index contributed by atoms with van der Waals surface area (Å²) in [6.07, 6.45) is 3.03. The van der Waals surface area contributed by atoms with Crippen LogP contribution in [0.4, 0.5) is 0 Å². The second kappa shape index (κ2) is 7.97. The van der Waals surface area contributed by atoms with Gasteiger partial charge in [-0.05, 0) is 6.42 Å². The van der Waals surface area contributed by atoms with E-state index in [2.05, 4.69) is 12.4 Å². The molecule has 0 aliphatic carbocycles. The number of hydroxylamine groups is 1. The molecule has 0 heterocycles. The first kappa shape index (κ1) is 12.3. The van der Waals surface area contributed by atoms with Crippen molar-refractivity contribution in [2.45, 2.75) is 32.2 Å². The van der Waals surface area contributed by atoms with Gasteiger partial charge in [0.2, 0.25) is 0 Å². The quantitative estimate of drug-likeness (QED) is 0.376. The molecule has 0 aromatic rings. The predicted molar refractivity (Wildman–Crippen MR) is 47.1 cm³/mol. The van der Waals surface area contributed by atoms with Crippen molar-refractivity contribution in [3.05, 3.63) is 0 Å². The molecular formula is C8H17NO4. The number of aliphatic hydroxyl groups is 1. The van der Waals surface area contributed by atoms with Crippen molar-refractivity contribution in [3.8, 4) is 0 Å². The molecular weight excluding hydrogens is 174 g/mol. The third-order valence-electron chi connectivity index (χ3n) is 1.56. The molecule has 3 N–H and O–H groups in total. The Morgan fingerprint density at radius 3 is 2.69 bits per heavy atom. The van der Waals surface area contributed by atoms with Gasteiger partial charge in [0.15, 0.2) is 6.04 Å². The third-order valence-corrected chi connectivity index (χ3v) is 1.56. The average Bonchev–Trinajstić information content (AvgIpc) is 2.10. The summed E-state index contributed by atoms with van der Waals surface area (Å²) in [5.41, 5.74) is 2.28. The highest BCUT2D eigenvalue weighted by molar-refractivity contribution is 5.73. The van der Waals surface area contributed by atoms with Crippen molar-refractivity contribution < 1.29 is 19.8 Å². The van der Waals surface area contributed by atoms with Crippen LogP contribution in [0.15, 0.2) is 0 Å². The van der Waals surface area contributed by atoms with Crippen LogP contribution in [0.3, 0.4) is 0 Å². The van der Waals surface area contributed by atoms with Gasteiger partial charge in [-0.25, -0.2) is 0 Å². The summed E-state index contributed by atoms with van der Waals surface area (Å²) in [6, 6.07) is -1.03.